The van der Waals surface area contributed by atoms with E-state index in [1.807, 2.05) is 48.5 Å². The number of benzene rings is 3. The average molecular weight is 478 g/mol. The van der Waals surface area contributed by atoms with Gasteiger partial charge < -0.3 is 9.84 Å². The molecule has 0 aliphatic heterocycles. The van der Waals surface area contributed by atoms with Gasteiger partial charge in [0, 0.05) is 16.0 Å². The van der Waals surface area contributed by atoms with E-state index in [0.717, 1.165) is 45.1 Å². The van der Waals surface area contributed by atoms with E-state index in [2.05, 4.69) is 12.1 Å². The van der Waals surface area contributed by atoms with Crippen LogP contribution in [0.15, 0.2) is 77.1 Å². The lowest BCUT2D eigenvalue weighted by Crippen LogP contribution is -2.12. The largest absolute Gasteiger partial charge is 0.482 e. The van der Waals surface area contributed by atoms with Crippen molar-refractivity contribution in [1.29, 1.82) is 0 Å². The second kappa shape index (κ2) is 9.37. The first-order valence-electron chi connectivity index (χ1n) is 10.5. The van der Waals surface area contributed by atoms with E-state index in [0.29, 0.717) is 5.75 Å². The van der Waals surface area contributed by atoms with Crippen molar-refractivity contribution < 1.29 is 19.0 Å². The molecule has 1 aliphatic carbocycles. The molecule has 3 aromatic carbocycles. The fraction of sp³-hybridized carbons (Fsp3) is 0.154. The molecule has 1 aliphatic rings. The number of carbonyl (C=O) groups is 1. The van der Waals surface area contributed by atoms with Gasteiger partial charge >= 0.3 is 5.97 Å². The number of nitrogens with zero attached hydrogens (tertiary/aromatic N) is 1. The third kappa shape index (κ3) is 4.65. The Morgan fingerprint density at radius 1 is 1.03 bits per heavy atom. The van der Waals surface area contributed by atoms with Crippen molar-refractivity contribution >= 4 is 29.1 Å². The molecule has 1 N–H and O–H groups in total. The molecule has 1 aromatic heterocycles. The summed E-state index contributed by atoms with van der Waals surface area (Å²) in [5, 5.41) is 8.96. The minimum absolute atomic E-state index is 0.0101. The van der Waals surface area contributed by atoms with Crippen molar-refractivity contribution in [3.8, 4) is 17.0 Å². The molecule has 0 spiro atoms. The monoisotopic (exact) mass is 477 g/mol. The minimum atomic E-state index is -0.996. The molecule has 1 heterocycles. The second-order valence-corrected chi connectivity index (χ2v) is 10.1. The molecule has 0 bridgehead atoms. The molecule has 0 saturated carbocycles. The molecule has 166 valence electrons. The fourth-order valence-corrected chi connectivity index (χ4v) is 6.53. The van der Waals surface area contributed by atoms with Crippen LogP contribution in [0.25, 0.3) is 11.3 Å². The lowest BCUT2D eigenvalue weighted by atomic mass is 9.93. The summed E-state index contributed by atoms with van der Waals surface area (Å²) in [6, 6.07) is 22.5. The Bertz CT molecular complexity index is 1290. The number of thioether (sulfide) groups is 1. The number of carboxylic acid groups (broad SMARTS) is 1. The van der Waals surface area contributed by atoms with E-state index in [1.165, 1.54) is 17.0 Å². The normalized spacial score (nSPS) is 13.1. The molecular weight excluding hydrogens is 457 g/mol. The van der Waals surface area contributed by atoms with Gasteiger partial charge in [0.15, 0.2) is 10.9 Å². The molecular formula is C26H20FNO3S2. The Labute approximate surface area is 199 Å². The van der Waals surface area contributed by atoms with Crippen LogP contribution in [-0.4, -0.2) is 22.7 Å². The van der Waals surface area contributed by atoms with Crippen molar-refractivity contribution in [3.63, 3.8) is 0 Å². The van der Waals surface area contributed by atoms with Gasteiger partial charge in [0.05, 0.1) is 10.9 Å². The maximum atomic E-state index is 13.5. The van der Waals surface area contributed by atoms with Gasteiger partial charge in [0.2, 0.25) is 0 Å². The van der Waals surface area contributed by atoms with Crippen LogP contribution in [-0.2, 0) is 17.6 Å². The Morgan fingerprint density at radius 2 is 1.79 bits per heavy atom. The molecule has 33 heavy (non-hydrogen) atoms. The number of carboxylic acids is 1. The van der Waals surface area contributed by atoms with Gasteiger partial charge in [0.1, 0.15) is 11.6 Å². The quantitative estimate of drug-likeness (QED) is 0.313. The van der Waals surface area contributed by atoms with Crippen molar-refractivity contribution in [2.75, 3.05) is 6.61 Å². The first kappa shape index (κ1) is 21.7. The highest BCUT2D eigenvalue weighted by molar-refractivity contribution is 8.01. The van der Waals surface area contributed by atoms with E-state index in [9.17, 15) is 9.18 Å². The molecule has 0 radical (unpaired) electrons. The van der Waals surface area contributed by atoms with Crippen LogP contribution in [0.5, 0.6) is 5.75 Å². The summed E-state index contributed by atoms with van der Waals surface area (Å²) in [6.07, 6.45) is 1.62. The lowest BCUT2D eigenvalue weighted by molar-refractivity contribution is -0.139. The van der Waals surface area contributed by atoms with E-state index in [4.69, 9.17) is 14.8 Å². The predicted octanol–water partition coefficient (Wildman–Crippen LogP) is 6.39. The maximum absolute atomic E-state index is 13.5. The fourth-order valence-electron chi connectivity index (χ4n) is 4.01. The zero-order valence-electron chi connectivity index (χ0n) is 17.5. The number of thiazole rings is 1. The highest BCUT2D eigenvalue weighted by Crippen LogP contribution is 2.46. The SMILES string of the molecule is O=C(O)COc1cccc2c1CCc1sc(SC(c3ccccc3)c3ccc(F)cc3)nc1-2. The third-order valence-corrected chi connectivity index (χ3v) is 8.03. The molecule has 1 unspecified atom stereocenters. The van der Waals surface area contributed by atoms with Crippen LogP contribution in [0.2, 0.25) is 0 Å². The van der Waals surface area contributed by atoms with Gasteiger partial charge in [0.25, 0.3) is 0 Å². The molecule has 0 saturated heterocycles. The zero-order chi connectivity index (χ0) is 22.8. The number of fused-ring (bicyclic) bond motifs is 3. The summed E-state index contributed by atoms with van der Waals surface area (Å²) in [7, 11) is 0. The number of aromatic nitrogens is 1. The smallest absolute Gasteiger partial charge is 0.341 e. The van der Waals surface area contributed by atoms with E-state index < -0.39 is 5.97 Å². The molecule has 0 amide bonds. The molecule has 4 nitrogen and oxygen atoms in total. The van der Waals surface area contributed by atoms with Gasteiger partial charge in [-0.1, -0.05) is 66.4 Å². The Balaban J connectivity index is 1.48. The summed E-state index contributed by atoms with van der Waals surface area (Å²) < 4.78 is 20.0. The van der Waals surface area contributed by atoms with Crippen LogP contribution in [0.1, 0.15) is 26.8 Å². The van der Waals surface area contributed by atoms with Gasteiger partial charge in [-0.2, -0.15) is 0 Å². The van der Waals surface area contributed by atoms with E-state index in [1.54, 1.807) is 23.1 Å². The number of halogens is 1. The van der Waals surface area contributed by atoms with Gasteiger partial charge in [-0.15, -0.1) is 11.3 Å². The molecule has 1 atom stereocenters. The molecule has 5 rings (SSSR count). The maximum Gasteiger partial charge on any atom is 0.341 e. The molecule has 4 aromatic rings. The van der Waals surface area contributed by atoms with Crippen molar-refractivity contribution in [1.82, 2.24) is 4.98 Å². The van der Waals surface area contributed by atoms with Gasteiger partial charge in [-0.05, 0) is 42.2 Å². The Morgan fingerprint density at radius 3 is 2.55 bits per heavy atom. The topological polar surface area (TPSA) is 59.4 Å². The van der Waals surface area contributed by atoms with Crippen molar-refractivity contribution in [2.45, 2.75) is 22.4 Å². The Hall–Kier alpha value is -3.16. The van der Waals surface area contributed by atoms with Crippen molar-refractivity contribution in [3.05, 3.63) is 100 Å². The Kier molecular flexibility index (Phi) is 6.15. The summed E-state index contributed by atoms with van der Waals surface area (Å²) in [6.45, 7) is -0.363. The molecule has 7 heteroatoms. The zero-order valence-corrected chi connectivity index (χ0v) is 19.2. The standard InChI is InChI=1S/C26H20FNO3S2/c27-18-11-9-17(10-12-18)25(16-5-2-1-3-6-16)33-26-28-24-20-7-4-8-21(31-15-23(29)30)19(20)13-14-22(24)32-26/h1-12,25H,13-15H2,(H,29,30). The summed E-state index contributed by atoms with van der Waals surface area (Å²) in [4.78, 5) is 17.1. The van der Waals surface area contributed by atoms with E-state index in [-0.39, 0.29) is 17.7 Å². The summed E-state index contributed by atoms with van der Waals surface area (Å²) >= 11 is 3.35. The lowest BCUT2D eigenvalue weighted by Gasteiger charge is -2.18. The summed E-state index contributed by atoms with van der Waals surface area (Å²) in [5.41, 5.74) is 5.10. The first-order chi connectivity index (χ1) is 16.1. The van der Waals surface area contributed by atoms with Gasteiger partial charge in [-0.25, -0.2) is 14.2 Å². The number of aryl methyl sites for hydroxylation is 1. The van der Waals surface area contributed by atoms with Crippen LogP contribution in [0.4, 0.5) is 4.39 Å². The van der Waals surface area contributed by atoms with Crippen LogP contribution >= 0.6 is 23.1 Å². The van der Waals surface area contributed by atoms with Gasteiger partial charge in [-0.3, -0.25) is 0 Å². The number of ether oxygens (including phenoxy) is 1. The second-order valence-electron chi connectivity index (χ2n) is 7.68. The molecule has 0 fully saturated rings. The van der Waals surface area contributed by atoms with E-state index >= 15 is 0 Å². The van der Waals surface area contributed by atoms with Crippen LogP contribution < -0.4 is 4.74 Å². The summed E-state index contributed by atoms with van der Waals surface area (Å²) in [5.74, 6) is -0.641. The third-order valence-electron chi connectivity index (χ3n) is 5.51. The number of rotatable bonds is 7. The number of hydrogen-bond acceptors (Lipinski definition) is 5. The van der Waals surface area contributed by atoms with Crippen LogP contribution in [0, 0.1) is 5.82 Å². The first-order valence-corrected chi connectivity index (χ1v) is 12.2. The highest BCUT2D eigenvalue weighted by atomic mass is 32.2. The minimum Gasteiger partial charge on any atom is -0.482 e. The number of hydrogen-bond donors (Lipinski definition) is 1. The number of aliphatic carboxylic acids is 1. The highest BCUT2D eigenvalue weighted by Gasteiger charge is 2.26. The average Bonchev–Trinajstić information content (AvgIpc) is 3.25. The predicted molar refractivity (Wildman–Crippen MR) is 129 cm³/mol. The van der Waals surface area contributed by atoms with Crippen molar-refractivity contribution in [2.24, 2.45) is 0 Å². The van der Waals surface area contributed by atoms with Crippen LogP contribution in [0.3, 0.4) is 0 Å².